The van der Waals surface area contributed by atoms with Gasteiger partial charge in [0.15, 0.2) is 11.8 Å². The van der Waals surface area contributed by atoms with Crippen LogP contribution in [0.3, 0.4) is 0 Å². The fourth-order valence-corrected chi connectivity index (χ4v) is 2.32. The molecule has 10 heteroatoms. The van der Waals surface area contributed by atoms with E-state index < -0.39 is 0 Å². The molecule has 0 aliphatic carbocycles. The molecule has 2 aromatic heterocycles. The van der Waals surface area contributed by atoms with Crippen LogP contribution in [0, 0.1) is 6.92 Å². The third-order valence-corrected chi connectivity index (χ3v) is 3.94. The zero-order valence-electron chi connectivity index (χ0n) is 16.4. The van der Waals surface area contributed by atoms with E-state index in [1.54, 1.807) is 6.20 Å². The summed E-state index contributed by atoms with van der Waals surface area (Å²) in [6.07, 6.45) is 5.66. The van der Waals surface area contributed by atoms with E-state index in [2.05, 4.69) is 30.9 Å². The summed E-state index contributed by atoms with van der Waals surface area (Å²) in [5.41, 5.74) is 0. The summed E-state index contributed by atoms with van der Waals surface area (Å²) in [6.45, 7) is 8.41. The predicted octanol–water partition coefficient (Wildman–Crippen LogP) is 1.49. The lowest BCUT2D eigenvalue weighted by Crippen LogP contribution is -2.39. The summed E-state index contributed by atoms with van der Waals surface area (Å²) in [7, 11) is 1.95. The van der Waals surface area contributed by atoms with Gasteiger partial charge in [0, 0.05) is 52.3 Å². The summed E-state index contributed by atoms with van der Waals surface area (Å²) in [5, 5.41) is 19.2. The Kier molecular flexibility index (Phi) is 11.7. The Morgan fingerprint density at radius 1 is 1.22 bits per heavy atom. The molecule has 0 radical (unpaired) electrons. The summed E-state index contributed by atoms with van der Waals surface area (Å²) >= 11 is 0. The molecular weight excluding hydrogens is 459 g/mol. The minimum absolute atomic E-state index is 0. The van der Waals surface area contributed by atoms with E-state index in [0.29, 0.717) is 6.54 Å². The van der Waals surface area contributed by atoms with Crippen LogP contribution in [0.25, 0.3) is 0 Å². The maximum absolute atomic E-state index is 5.37. The zero-order valence-corrected chi connectivity index (χ0v) is 18.7. The predicted molar refractivity (Wildman–Crippen MR) is 116 cm³/mol. The quantitative estimate of drug-likeness (QED) is 0.215. The van der Waals surface area contributed by atoms with Gasteiger partial charge in [0.05, 0.1) is 0 Å². The van der Waals surface area contributed by atoms with Gasteiger partial charge in [0.2, 0.25) is 0 Å². The highest BCUT2D eigenvalue weighted by molar-refractivity contribution is 14.0. The maximum atomic E-state index is 5.37. The van der Waals surface area contributed by atoms with E-state index in [9.17, 15) is 0 Å². The van der Waals surface area contributed by atoms with Crippen LogP contribution < -0.4 is 10.6 Å². The highest BCUT2D eigenvalue weighted by Gasteiger charge is 2.05. The molecule has 0 unspecified atom stereocenters. The van der Waals surface area contributed by atoms with E-state index in [1.165, 1.54) is 0 Å². The highest BCUT2D eigenvalue weighted by atomic mass is 127. The van der Waals surface area contributed by atoms with Crippen molar-refractivity contribution in [1.82, 2.24) is 35.2 Å². The minimum atomic E-state index is 0. The molecule has 2 aromatic rings. The smallest absolute Gasteiger partial charge is 0.191 e. The van der Waals surface area contributed by atoms with Crippen molar-refractivity contribution in [3.8, 4) is 0 Å². The molecule has 0 atom stereocenters. The van der Waals surface area contributed by atoms with Gasteiger partial charge in [0.1, 0.15) is 12.4 Å². The third kappa shape index (κ3) is 8.69. The van der Waals surface area contributed by atoms with Crippen LogP contribution in [0.5, 0.6) is 0 Å². The molecule has 9 nitrogen and oxygen atoms in total. The van der Waals surface area contributed by atoms with E-state index in [-0.39, 0.29) is 24.0 Å². The third-order valence-electron chi connectivity index (χ3n) is 3.94. The van der Waals surface area contributed by atoms with Crippen molar-refractivity contribution in [1.29, 1.82) is 0 Å². The van der Waals surface area contributed by atoms with Crippen molar-refractivity contribution in [2.75, 3.05) is 26.3 Å². The van der Waals surface area contributed by atoms with Gasteiger partial charge < -0.3 is 19.9 Å². The van der Waals surface area contributed by atoms with Gasteiger partial charge in [0.25, 0.3) is 0 Å². The molecule has 152 valence electrons. The van der Waals surface area contributed by atoms with E-state index in [4.69, 9.17) is 4.74 Å². The van der Waals surface area contributed by atoms with E-state index in [0.717, 1.165) is 63.3 Å². The van der Waals surface area contributed by atoms with Crippen LogP contribution in [-0.2, 0) is 24.9 Å². The monoisotopic (exact) mass is 490 g/mol. The zero-order chi connectivity index (χ0) is 18.6. The molecule has 0 saturated carbocycles. The molecule has 2 heterocycles. The number of hydrogen-bond acceptors (Lipinski definition) is 5. The van der Waals surface area contributed by atoms with Crippen molar-refractivity contribution in [3.63, 3.8) is 0 Å². The van der Waals surface area contributed by atoms with Crippen LogP contribution in [0.1, 0.15) is 31.4 Å². The molecule has 0 aliphatic heterocycles. The van der Waals surface area contributed by atoms with Crippen molar-refractivity contribution in [2.45, 2.75) is 39.8 Å². The lowest BCUT2D eigenvalue weighted by atomic mass is 10.4. The number of nitrogens with one attached hydrogen (secondary N) is 2. The summed E-state index contributed by atoms with van der Waals surface area (Å²) in [4.78, 5) is 4.63. The average Bonchev–Trinajstić information content (AvgIpc) is 3.27. The fraction of sp³-hybridized carbons (Fsp3) is 0.647. The molecule has 2 N–H and O–H groups in total. The summed E-state index contributed by atoms with van der Waals surface area (Å²) in [5.74, 6) is 2.51. The highest BCUT2D eigenvalue weighted by Crippen LogP contribution is 1.99. The normalized spacial score (nSPS) is 11.3. The second-order valence-electron chi connectivity index (χ2n) is 5.91. The number of hydrogen-bond donors (Lipinski definition) is 2. The van der Waals surface area contributed by atoms with Crippen molar-refractivity contribution in [3.05, 3.63) is 30.1 Å². The van der Waals surface area contributed by atoms with Gasteiger partial charge in [-0.15, -0.1) is 34.2 Å². The molecular formula is C17H31IN8O. The Bertz CT molecular complexity index is 656. The molecule has 0 spiro atoms. The van der Waals surface area contributed by atoms with Crippen LogP contribution >= 0.6 is 24.0 Å². The van der Waals surface area contributed by atoms with Gasteiger partial charge in [-0.3, -0.25) is 4.68 Å². The molecule has 0 amide bonds. The molecule has 0 saturated heterocycles. The first-order valence-electron chi connectivity index (χ1n) is 9.13. The Morgan fingerprint density at radius 2 is 2.00 bits per heavy atom. The molecule has 0 bridgehead atoms. The van der Waals surface area contributed by atoms with Gasteiger partial charge in [-0.2, -0.15) is 5.10 Å². The van der Waals surface area contributed by atoms with Crippen LogP contribution in [0.4, 0.5) is 0 Å². The van der Waals surface area contributed by atoms with Crippen LogP contribution in [0.15, 0.2) is 23.5 Å². The van der Waals surface area contributed by atoms with Gasteiger partial charge in [-0.25, -0.2) is 4.99 Å². The molecule has 0 aromatic carbocycles. The Balaban J connectivity index is 0.00000364. The first-order chi connectivity index (χ1) is 12.7. The number of nitrogens with zero attached hydrogens (tertiary/aromatic N) is 6. The van der Waals surface area contributed by atoms with Crippen molar-refractivity contribution < 1.29 is 4.74 Å². The number of aromatic nitrogens is 5. The van der Waals surface area contributed by atoms with Gasteiger partial charge in [-0.1, -0.05) is 0 Å². The van der Waals surface area contributed by atoms with Gasteiger partial charge in [-0.05, 0) is 32.8 Å². The SMILES string of the molecule is CCOCCCNC(=NCc1nnc(C)n1C)NCCCn1cccn1.I. The van der Waals surface area contributed by atoms with Gasteiger partial charge >= 0.3 is 0 Å². The average molecular weight is 490 g/mol. The standard InChI is InChI=1S/C17H30N8O.HI/c1-4-26-13-7-9-19-17(18-8-5-11-25-12-6-10-21-25)20-14-16-23-22-15(2)24(16)3;/h6,10,12H,4-5,7-9,11,13-14H2,1-3H3,(H2,18,19,20);1H. The first-order valence-corrected chi connectivity index (χ1v) is 9.13. The molecule has 0 fully saturated rings. The Labute approximate surface area is 178 Å². The van der Waals surface area contributed by atoms with E-state index in [1.807, 2.05) is 42.4 Å². The molecule has 0 aliphatic rings. The fourth-order valence-electron chi connectivity index (χ4n) is 2.32. The summed E-state index contributed by atoms with van der Waals surface area (Å²) < 4.78 is 9.25. The second kappa shape index (κ2) is 13.5. The van der Waals surface area contributed by atoms with Crippen LogP contribution in [-0.4, -0.2) is 56.8 Å². The van der Waals surface area contributed by atoms with Crippen molar-refractivity contribution >= 4 is 29.9 Å². The number of guanidine groups is 1. The summed E-state index contributed by atoms with van der Waals surface area (Å²) in [6, 6.07) is 1.93. The first kappa shape index (κ1) is 23.3. The molecule has 27 heavy (non-hydrogen) atoms. The second-order valence-corrected chi connectivity index (χ2v) is 5.91. The van der Waals surface area contributed by atoms with Crippen LogP contribution in [0.2, 0.25) is 0 Å². The number of halogens is 1. The lowest BCUT2D eigenvalue weighted by Gasteiger charge is -2.13. The van der Waals surface area contributed by atoms with E-state index >= 15 is 0 Å². The topological polar surface area (TPSA) is 94.2 Å². The lowest BCUT2D eigenvalue weighted by molar-refractivity contribution is 0.145. The minimum Gasteiger partial charge on any atom is -0.382 e. The number of ether oxygens (including phenoxy) is 1. The Hall–Kier alpha value is -1.69. The Morgan fingerprint density at radius 3 is 2.63 bits per heavy atom. The largest absolute Gasteiger partial charge is 0.382 e. The maximum Gasteiger partial charge on any atom is 0.191 e. The number of aryl methyl sites for hydroxylation is 2. The number of rotatable bonds is 11. The molecule has 2 rings (SSSR count). The number of aliphatic imine (C=N–C) groups is 1. The van der Waals surface area contributed by atoms with Crippen molar-refractivity contribution in [2.24, 2.45) is 12.0 Å².